The topological polar surface area (TPSA) is 49.3 Å². The minimum atomic E-state index is -0.112. The van der Waals surface area contributed by atoms with Gasteiger partial charge in [-0.05, 0) is 37.0 Å². The summed E-state index contributed by atoms with van der Waals surface area (Å²) in [5, 5.41) is 11.7. The molecule has 1 amide bonds. The molecule has 0 fully saturated rings. The third kappa shape index (κ3) is 4.72. The van der Waals surface area contributed by atoms with Gasteiger partial charge < -0.3 is 10.4 Å². The summed E-state index contributed by atoms with van der Waals surface area (Å²) in [4.78, 5) is 11.7. The molecular weight excluding hydrogens is 226 g/mol. The van der Waals surface area contributed by atoms with E-state index in [1.54, 1.807) is 6.08 Å². The van der Waals surface area contributed by atoms with Crippen molar-refractivity contribution in [2.75, 3.05) is 6.61 Å². The van der Waals surface area contributed by atoms with Crippen LogP contribution in [0.1, 0.15) is 30.9 Å². The minimum absolute atomic E-state index is 0.0454. The van der Waals surface area contributed by atoms with Gasteiger partial charge in [0.05, 0.1) is 0 Å². The van der Waals surface area contributed by atoms with Gasteiger partial charge >= 0.3 is 0 Å². The highest BCUT2D eigenvalue weighted by molar-refractivity contribution is 5.92. The number of rotatable bonds is 6. The Balaban J connectivity index is 2.57. The Morgan fingerprint density at radius 3 is 2.78 bits per heavy atom. The van der Waals surface area contributed by atoms with Crippen molar-refractivity contribution in [2.24, 2.45) is 0 Å². The molecule has 0 aromatic heterocycles. The van der Waals surface area contributed by atoms with Gasteiger partial charge in [0.25, 0.3) is 0 Å². The molecule has 98 valence electrons. The lowest BCUT2D eigenvalue weighted by molar-refractivity contribution is -0.117. The molecule has 0 spiro atoms. The first kappa shape index (κ1) is 14.5. The summed E-state index contributed by atoms with van der Waals surface area (Å²) in [7, 11) is 0. The molecule has 1 aromatic carbocycles. The number of hydrogen-bond acceptors (Lipinski definition) is 2. The number of aliphatic hydroxyl groups excluding tert-OH is 1. The lowest BCUT2D eigenvalue weighted by Gasteiger charge is -2.13. The van der Waals surface area contributed by atoms with Gasteiger partial charge in [-0.2, -0.15) is 0 Å². The van der Waals surface area contributed by atoms with Crippen LogP contribution in [0.3, 0.4) is 0 Å². The van der Waals surface area contributed by atoms with Crippen LogP contribution in [0.4, 0.5) is 0 Å². The monoisotopic (exact) mass is 247 g/mol. The largest absolute Gasteiger partial charge is 0.396 e. The molecule has 2 N–H and O–H groups in total. The smallest absolute Gasteiger partial charge is 0.244 e. The number of carbonyl (C=O) groups excluding carboxylic acids is 1. The van der Waals surface area contributed by atoms with Crippen LogP contribution in [0.25, 0.3) is 6.08 Å². The van der Waals surface area contributed by atoms with Crippen LogP contribution >= 0.6 is 0 Å². The number of aliphatic hydroxyl groups is 1. The number of hydrogen-bond donors (Lipinski definition) is 2. The average Bonchev–Trinajstić information content (AvgIpc) is 2.37. The van der Waals surface area contributed by atoms with Crippen molar-refractivity contribution in [3.63, 3.8) is 0 Å². The van der Waals surface area contributed by atoms with Crippen molar-refractivity contribution < 1.29 is 9.90 Å². The summed E-state index contributed by atoms with van der Waals surface area (Å²) in [6.45, 7) is 4.10. The quantitative estimate of drug-likeness (QED) is 0.758. The summed E-state index contributed by atoms with van der Waals surface area (Å²) in [6.07, 6.45) is 4.78. The molecular formula is C15H21NO2. The van der Waals surface area contributed by atoms with Gasteiger partial charge in [0, 0.05) is 18.7 Å². The molecule has 0 saturated heterocycles. The molecule has 0 radical (unpaired) electrons. The number of amides is 1. The van der Waals surface area contributed by atoms with Crippen LogP contribution < -0.4 is 5.32 Å². The number of benzene rings is 1. The normalized spacial score (nSPS) is 12.6. The van der Waals surface area contributed by atoms with Crippen molar-refractivity contribution >= 4 is 12.0 Å². The van der Waals surface area contributed by atoms with Crippen LogP contribution in [-0.2, 0) is 4.79 Å². The second kappa shape index (κ2) is 7.67. The Labute approximate surface area is 109 Å². The predicted octanol–water partition coefficient (Wildman–Crippen LogP) is 2.29. The van der Waals surface area contributed by atoms with Gasteiger partial charge in [0.2, 0.25) is 5.91 Å². The molecule has 0 bridgehead atoms. The molecule has 3 heteroatoms. The second-order valence-electron chi connectivity index (χ2n) is 4.32. The number of aryl methyl sites for hydroxylation is 1. The molecule has 3 nitrogen and oxygen atoms in total. The zero-order chi connectivity index (χ0) is 13.4. The van der Waals surface area contributed by atoms with Gasteiger partial charge in [-0.1, -0.05) is 31.2 Å². The Morgan fingerprint density at radius 2 is 2.17 bits per heavy atom. The van der Waals surface area contributed by atoms with Gasteiger partial charge in [0.15, 0.2) is 0 Å². The molecule has 0 saturated carbocycles. The van der Waals surface area contributed by atoms with E-state index in [0.717, 1.165) is 17.5 Å². The lowest BCUT2D eigenvalue weighted by Crippen LogP contribution is -2.33. The summed E-state index contributed by atoms with van der Waals surface area (Å²) >= 11 is 0. The third-order valence-corrected chi connectivity index (χ3v) is 2.92. The van der Waals surface area contributed by atoms with Gasteiger partial charge in [-0.3, -0.25) is 4.79 Å². The zero-order valence-electron chi connectivity index (χ0n) is 11.0. The van der Waals surface area contributed by atoms with E-state index in [4.69, 9.17) is 5.11 Å². The van der Waals surface area contributed by atoms with Gasteiger partial charge in [-0.25, -0.2) is 0 Å². The SMILES string of the molecule is CCC(CCO)NC(=O)/C=C/c1ccccc1C. The number of nitrogens with one attached hydrogen (secondary N) is 1. The molecule has 0 aliphatic rings. The molecule has 1 rings (SSSR count). The molecule has 1 unspecified atom stereocenters. The molecule has 18 heavy (non-hydrogen) atoms. The Hall–Kier alpha value is -1.61. The van der Waals surface area contributed by atoms with E-state index in [2.05, 4.69) is 5.32 Å². The first-order chi connectivity index (χ1) is 8.67. The fraction of sp³-hybridized carbons (Fsp3) is 0.400. The first-order valence-corrected chi connectivity index (χ1v) is 6.32. The Morgan fingerprint density at radius 1 is 1.44 bits per heavy atom. The van der Waals surface area contributed by atoms with E-state index in [1.807, 2.05) is 44.2 Å². The van der Waals surface area contributed by atoms with E-state index < -0.39 is 0 Å². The summed E-state index contributed by atoms with van der Waals surface area (Å²) in [5.74, 6) is -0.112. The molecule has 0 heterocycles. The van der Waals surface area contributed by atoms with Crippen molar-refractivity contribution in [3.05, 3.63) is 41.5 Å². The molecule has 1 aromatic rings. The Kier molecular flexibility index (Phi) is 6.15. The highest BCUT2D eigenvalue weighted by atomic mass is 16.3. The summed E-state index contributed by atoms with van der Waals surface area (Å²) in [5.41, 5.74) is 2.19. The maximum absolute atomic E-state index is 11.7. The molecule has 0 aliphatic carbocycles. The Bertz CT molecular complexity index is 413. The number of carbonyl (C=O) groups is 1. The fourth-order valence-corrected chi connectivity index (χ4v) is 1.72. The zero-order valence-corrected chi connectivity index (χ0v) is 11.0. The van der Waals surface area contributed by atoms with Crippen LogP contribution in [0.2, 0.25) is 0 Å². The second-order valence-corrected chi connectivity index (χ2v) is 4.32. The van der Waals surface area contributed by atoms with Gasteiger partial charge in [-0.15, -0.1) is 0 Å². The fourth-order valence-electron chi connectivity index (χ4n) is 1.72. The first-order valence-electron chi connectivity index (χ1n) is 6.32. The van der Waals surface area contributed by atoms with Crippen molar-refractivity contribution in [2.45, 2.75) is 32.7 Å². The lowest BCUT2D eigenvalue weighted by atomic mass is 10.1. The third-order valence-electron chi connectivity index (χ3n) is 2.92. The van der Waals surface area contributed by atoms with Crippen LogP contribution in [0, 0.1) is 6.92 Å². The van der Waals surface area contributed by atoms with Crippen LogP contribution in [0.5, 0.6) is 0 Å². The predicted molar refractivity (Wildman–Crippen MR) is 74.1 cm³/mol. The van der Waals surface area contributed by atoms with E-state index >= 15 is 0 Å². The van der Waals surface area contributed by atoms with E-state index in [-0.39, 0.29) is 18.6 Å². The van der Waals surface area contributed by atoms with Gasteiger partial charge in [0.1, 0.15) is 0 Å². The highest BCUT2D eigenvalue weighted by Crippen LogP contribution is 2.08. The van der Waals surface area contributed by atoms with E-state index in [1.165, 1.54) is 0 Å². The molecule has 1 atom stereocenters. The van der Waals surface area contributed by atoms with Crippen molar-refractivity contribution in [3.8, 4) is 0 Å². The van der Waals surface area contributed by atoms with Crippen LogP contribution in [-0.4, -0.2) is 23.7 Å². The highest BCUT2D eigenvalue weighted by Gasteiger charge is 2.07. The summed E-state index contributed by atoms with van der Waals surface area (Å²) in [6, 6.07) is 7.96. The maximum Gasteiger partial charge on any atom is 0.244 e. The van der Waals surface area contributed by atoms with Crippen LogP contribution in [0.15, 0.2) is 30.3 Å². The minimum Gasteiger partial charge on any atom is -0.396 e. The summed E-state index contributed by atoms with van der Waals surface area (Å²) < 4.78 is 0. The molecule has 0 aliphatic heterocycles. The van der Waals surface area contributed by atoms with E-state index in [9.17, 15) is 4.79 Å². The maximum atomic E-state index is 11.7. The van der Waals surface area contributed by atoms with Crippen molar-refractivity contribution in [1.29, 1.82) is 0 Å². The van der Waals surface area contributed by atoms with Crippen molar-refractivity contribution in [1.82, 2.24) is 5.32 Å². The standard InChI is InChI=1S/C15H21NO2/c1-3-14(10-11-17)16-15(18)9-8-13-7-5-4-6-12(13)2/h4-9,14,17H,3,10-11H2,1-2H3,(H,16,18)/b9-8+. The van der Waals surface area contributed by atoms with E-state index in [0.29, 0.717) is 6.42 Å². The average molecular weight is 247 g/mol.